The van der Waals surface area contributed by atoms with Crippen LogP contribution in [-0.4, -0.2) is 22.4 Å². The summed E-state index contributed by atoms with van der Waals surface area (Å²) in [5.74, 6) is 0. The van der Waals surface area contributed by atoms with Crippen LogP contribution in [0.5, 0.6) is 0 Å². The fraction of sp³-hybridized carbons (Fsp3) is 0.500. The molecule has 1 rings (SSSR count). The van der Waals surface area contributed by atoms with Crippen molar-refractivity contribution >= 4 is 20.0 Å². The summed E-state index contributed by atoms with van der Waals surface area (Å²) in [4.78, 5) is -0.113. The van der Waals surface area contributed by atoms with Gasteiger partial charge in [0.15, 0.2) is 0 Å². The van der Waals surface area contributed by atoms with Crippen molar-refractivity contribution in [2.45, 2.75) is 48.9 Å². The van der Waals surface area contributed by atoms with Crippen molar-refractivity contribution in [3.05, 3.63) is 24.3 Å². The Morgan fingerprint density at radius 2 is 1.50 bits per heavy atom. The third kappa shape index (κ3) is 4.55. The molecular formula is C12H20N2O4S2. The van der Waals surface area contributed by atoms with Crippen LogP contribution in [0.4, 0.5) is 0 Å². The standard InChI is InChI=1S/C12H20N2O4S2/c1-4-9-12(2,3)14-20(17,18)11-7-5-10(6-8-11)19(13,15)16/h5-8,14H,4,9H2,1-3H3,(H2,13,15,16). The second kappa shape index (κ2) is 5.80. The van der Waals surface area contributed by atoms with Crippen molar-refractivity contribution in [3.8, 4) is 0 Å². The van der Waals surface area contributed by atoms with Gasteiger partial charge in [-0.1, -0.05) is 13.3 Å². The first-order chi connectivity index (χ1) is 8.98. The van der Waals surface area contributed by atoms with Gasteiger partial charge in [0, 0.05) is 5.54 Å². The average molecular weight is 320 g/mol. The summed E-state index contributed by atoms with van der Waals surface area (Å²) in [6, 6.07) is 4.81. The molecule has 3 N–H and O–H groups in total. The molecule has 0 aliphatic heterocycles. The van der Waals surface area contributed by atoms with E-state index in [1.165, 1.54) is 24.3 Å². The van der Waals surface area contributed by atoms with Crippen molar-refractivity contribution in [2.24, 2.45) is 5.14 Å². The second-order valence-electron chi connectivity index (χ2n) is 5.26. The van der Waals surface area contributed by atoms with Crippen molar-refractivity contribution in [2.75, 3.05) is 0 Å². The van der Waals surface area contributed by atoms with Crippen molar-refractivity contribution in [1.82, 2.24) is 4.72 Å². The van der Waals surface area contributed by atoms with Crippen molar-refractivity contribution in [1.29, 1.82) is 0 Å². The van der Waals surface area contributed by atoms with Gasteiger partial charge in [0.25, 0.3) is 0 Å². The van der Waals surface area contributed by atoms with E-state index < -0.39 is 25.6 Å². The first kappa shape index (κ1) is 17.1. The third-order valence-corrected chi connectivity index (χ3v) is 5.39. The SMILES string of the molecule is CCCC(C)(C)NS(=O)(=O)c1ccc(S(N)(=O)=O)cc1. The highest BCUT2D eigenvalue weighted by molar-refractivity contribution is 7.89. The third-order valence-electron chi connectivity index (χ3n) is 2.75. The van der Waals surface area contributed by atoms with Gasteiger partial charge in [-0.3, -0.25) is 0 Å². The lowest BCUT2D eigenvalue weighted by molar-refractivity contribution is 0.417. The Morgan fingerprint density at radius 3 is 1.90 bits per heavy atom. The molecule has 0 amide bonds. The zero-order valence-electron chi connectivity index (χ0n) is 11.8. The van der Waals surface area contributed by atoms with Gasteiger partial charge in [-0.05, 0) is 44.5 Å². The molecule has 8 heteroatoms. The van der Waals surface area contributed by atoms with Crippen LogP contribution in [0, 0.1) is 0 Å². The molecule has 0 radical (unpaired) electrons. The van der Waals surface area contributed by atoms with Crippen LogP contribution >= 0.6 is 0 Å². The Balaban J connectivity index is 3.06. The summed E-state index contributed by atoms with van der Waals surface area (Å²) >= 11 is 0. The maximum Gasteiger partial charge on any atom is 0.241 e. The van der Waals surface area contributed by atoms with Crippen molar-refractivity contribution in [3.63, 3.8) is 0 Å². The summed E-state index contributed by atoms with van der Waals surface area (Å²) in [5, 5.41) is 4.96. The molecule has 0 spiro atoms. The fourth-order valence-electron chi connectivity index (χ4n) is 1.91. The van der Waals surface area contributed by atoms with Crippen LogP contribution < -0.4 is 9.86 Å². The van der Waals surface area contributed by atoms with E-state index >= 15 is 0 Å². The molecule has 0 fully saturated rings. The van der Waals surface area contributed by atoms with E-state index in [1.54, 1.807) is 13.8 Å². The molecule has 0 atom stereocenters. The van der Waals surface area contributed by atoms with Gasteiger partial charge in [-0.25, -0.2) is 26.7 Å². The summed E-state index contributed by atoms with van der Waals surface area (Å²) in [6.07, 6.45) is 1.54. The lowest BCUT2D eigenvalue weighted by Crippen LogP contribution is -2.43. The molecule has 0 unspecified atom stereocenters. The minimum Gasteiger partial charge on any atom is -0.225 e. The molecule has 1 aromatic rings. The maximum atomic E-state index is 12.2. The number of hydrogen-bond acceptors (Lipinski definition) is 4. The number of rotatable bonds is 6. The fourth-order valence-corrected chi connectivity index (χ4v) is 3.86. The van der Waals surface area contributed by atoms with E-state index in [0.717, 1.165) is 6.42 Å². The summed E-state index contributed by atoms with van der Waals surface area (Å²) in [5.41, 5.74) is -0.563. The Kier molecular flexibility index (Phi) is 4.96. The molecule has 6 nitrogen and oxygen atoms in total. The van der Waals surface area contributed by atoms with Crippen LogP contribution in [0.15, 0.2) is 34.1 Å². The highest BCUT2D eigenvalue weighted by atomic mass is 32.2. The Hall–Kier alpha value is -0.960. The predicted octanol–water partition coefficient (Wildman–Crippen LogP) is 1.19. The number of nitrogens with one attached hydrogen (secondary N) is 1. The average Bonchev–Trinajstić information content (AvgIpc) is 2.26. The predicted molar refractivity (Wildman–Crippen MR) is 77.1 cm³/mol. The molecule has 114 valence electrons. The highest BCUT2D eigenvalue weighted by Crippen LogP contribution is 2.18. The zero-order valence-corrected chi connectivity index (χ0v) is 13.4. The van der Waals surface area contributed by atoms with Crippen LogP contribution in [0.1, 0.15) is 33.6 Å². The largest absolute Gasteiger partial charge is 0.241 e. The quantitative estimate of drug-likeness (QED) is 0.821. The minimum absolute atomic E-state index is 0.00841. The maximum absolute atomic E-state index is 12.2. The van der Waals surface area contributed by atoms with Crippen LogP contribution in [0.3, 0.4) is 0 Å². The van der Waals surface area contributed by atoms with Crippen LogP contribution in [-0.2, 0) is 20.0 Å². The normalized spacial score (nSPS) is 13.4. The monoisotopic (exact) mass is 320 g/mol. The molecule has 0 bridgehead atoms. The van der Waals surface area contributed by atoms with Gasteiger partial charge in [0.2, 0.25) is 20.0 Å². The molecule has 0 aliphatic carbocycles. The first-order valence-electron chi connectivity index (χ1n) is 6.15. The van der Waals surface area contributed by atoms with E-state index in [4.69, 9.17) is 5.14 Å². The molecule has 0 saturated heterocycles. The van der Waals surface area contributed by atoms with Gasteiger partial charge >= 0.3 is 0 Å². The minimum atomic E-state index is -3.82. The van der Waals surface area contributed by atoms with E-state index in [0.29, 0.717) is 6.42 Å². The Morgan fingerprint density at radius 1 is 1.05 bits per heavy atom. The van der Waals surface area contributed by atoms with E-state index in [1.807, 2.05) is 6.92 Å². The molecule has 0 aromatic heterocycles. The summed E-state index contributed by atoms with van der Waals surface area (Å²) < 4.78 is 49.2. The van der Waals surface area contributed by atoms with E-state index in [9.17, 15) is 16.8 Å². The molecule has 0 saturated carbocycles. The van der Waals surface area contributed by atoms with Crippen LogP contribution in [0.2, 0.25) is 0 Å². The Labute approximate surface area is 120 Å². The Bertz CT molecular complexity index is 662. The lowest BCUT2D eigenvalue weighted by Gasteiger charge is -2.25. The molecule has 0 heterocycles. The number of nitrogens with two attached hydrogens (primary N) is 1. The van der Waals surface area contributed by atoms with Gasteiger partial charge in [0.1, 0.15) is 0 Å². The van der Waals surface area contributed by atoms with Gasteiger partial charge in [-0.15, -0.1) is 0 Å². The number of primary sulfonamides is 1. The van der Waals surface area contributed by atoms with Crippen molar-refractivity contribution < 1.29 is 16.8 Å². The highest BCUT2D eigenvalue weighted by Gasteiger charge is 2.25. The van der Waals surface area contributed by atoms with Crippen LogP contribution in [0.25, 0.3) is 0 Å². The van der Waals surface area contributed by atoms with E-state index in [-0.39, 0.29) is 9.79 Å². The van der Waals surface area contributed by atoms with E-state index in [2.05, 4.69) is 4.72 Å². The molecule has 20 heavy (non-hydrogen) atoms. The lowest BCUT2D eigenvalue weighted by atomic mass is 10.0. The second-order valence-corrected chi connectivity index (χ2v) is 8.50. The molecular weight excluding hydrogens is 300 g/mol. The first-order valence-corrected chi connectivity index (χ1v) is 9.18. The topological polar surface area (TPSA) is 106 Å². The van der Waals surface area contributed by atoms with Gasteiger partial charge in [0.05, 0.1) is 9.79 Å². The zero-order chi connectivity index (χ0) is 15.6. The number of sulfonamides is 2. The van der Waals surface area contributed by atoms with Gasteiger partial charge in [-0.2, -0.15) is 0 Å². The van der Waals surface area contributed by atoms with Gasteiger partial charge < -0.3 is 0 Å². The smallest absolute Gasteiger partial charge is 0.225 e. The molecule has 1 aromatic carbocycles. The molecule has 0 aliphatic rings. The number of hydrogen-bond donors (Lipinski definition) is 2. The summed E-state index contributed by atoms with van der Waals surface area (Å²) in [6.45, 7) is 5.57. The summed E-state index contributed by atoms with van der Waals surface area (Å²) in [7, 11) is -7.51. The number of benzene rings is 1.